The summed E-state index contributed by atoms with van der Waals surface area (Å²) >= 11 is 0. The second-order valence-electron chi connectivity index (χ2n) is 7.20. The van der Waals surface area contributed by atoms with Gasteiger partial charge < -0.3 is 20.4 Å². The molecule has 1 saturated heterocycles. The summed E-state index contributed by atoms with van der Waals surface area (Å²) in [4.78, 5) is 42.4. The number of rotatable bonds is 6. The average Bonchev–Trinajstić information content (AvgIpc) is 3.11. The Kier molecular flexibility index (Phi) is 5.48. The summed E-state index contributed by atoms with van der Waals surface area (Å²) in [7, 11) is 0.981. The van der Waals surface area contributed by atoms with Crippen LogP contribution < -0.4 is 5.73 Å². The maximum absolute atomic E-state index is 13.0. The van der Waals surface area contributed by atoms with Crippen molar-refractivity contribution < 1.29 is 31.6 Å². The van der Waals surface area contributed by atoms with Crippen LogP contribution in [0, 0.1) is 0 Å². The van der Waals surface area contributed by atoms with Crippen molar-refractivity contribution in [2.45, 2.75) is 12.1 Å². The molecule has 0 spiro atoms. The van der Waals surface area contributed by atoms with E-state index in [1.165, 1.54) is 42.7 Å². The van der Waals surface area contributed by atoms with E-state index in [9.17, 15) is 22.8 Å². The van der Waals surface area contributed by atoms with Crippen molar-refractivity contribution in [3.05, 3.63) is 17.0 Å². The predicted molar refractivity (Wildman–Crippen MR) is 100.0 cm³/mol. The highest BCUT2D eigenvalue weighted by atomic mass is 32.3. The Balaban J connectivity index is 2.21. The number of nitrogens with two attached hydrogens (primary N) is 1. The monoisotopic (exact) mass is 445 g/mol. The van der Waals surface area contributed by atoms with Crippen molar-refractivity contribution in [3.63, 3.8) is 0 Å². The fourth-order valence-electron chi connectivity index (χ4n) is 3.69. The molecule has 3 rings (SSSR count). The summed E-state index contributed by atoms with van der Waals surface area (Å²) in [5, 5.41) is 4.69. The van der Waals surface area contributed by atoms with Gasteiger partial charge in [-0.15, -0.1) is 4.28 Å². The van der Waals surface area contributed by atoms with Crippen LogP contribution >= 0.6 is 0 Å². The number of hydroxylamine groups is 2. The van der Waals surface area contributed by atoms with Gasteiger partial charge in [-0.05, 0) is 0 Å². The predicted octanol–water partition coefficient (Wildman–Crippen LogP) is -1.89. The van der Waals surface area contributed by atoms with Gasteiger partial charge in [0.05, 0.1) is 12.2 Å². The number of urea groups is 1. The standard InChI is InChI=1S/C15H23N7O7S/c1-18(2)14(24)12-11-9(10(17-20(11)4)13(23)19(3)6-5-16)8-7-21(12)15(25)22(8)29-30(26,27)28/h8,12H,5-7,16H2,1-4H3,(H,26,27,28). The molecule has 2 unspecified atom stereocenters. The molecule has 0 aromatic carbocycles. The highest BCUT2D eigenvalue weighted by Gasteiger charge is 2.55. The van der Waals surface area contributed by atoms with E-state index < -0.39 is 40.3 Å². The van der Waals surface area contributed by atoms with Gasteiger partial charge in [0.1, 0.15) is 6.04 Å². The fraction of sp³-hybridized carbons (Fsp3) is 0.600. The highest BCUT2D eigenvalue weighted by Crippen LogP contribution is 2.46. The Morgan fingerprint density at radius 1 is 1.33 bits per heavy atom. The lowest BCUT2D eigenvalue weighted by molar-refractivity contribution is -0.134. The number of fused-ring (bicyclic) bond motifs is 4. The lowest BCUT2D eigenvalue weighted by atomic mass is 9.94. The van der Waals surface area contributed by atoms with Crippen LogP contribution in [0.2, 0.25) is 0 Å². The molecule has 2 bridgehead atoms. The quantitative estimate of drug-likeness (QED) is 0.475. The Morgan fingerprint density at radius 2 is 1.97 bits per heavy atom. The number of amides is 4. The van der Waals surface area contributed by atoms with E-state index in [0.717, 1.165) is 4.90 Å². The smallest absolute Gasteiger partial charge is 0.347 e. The van der Waals surface area contributed by atoms with E-state index >= 15 is 0 Å². The zero-order chi connectivity index (χ0) is 22.5. The summed E-state index contributed by atoms with van der Waals surface area (Å²) in [5.41, 5.74) is 5.88. The van der Waals surface area contributed by atoms with Gasteiger partial charge in [0, 0.05) is 46.8 Å². The molecule has 166 valence electrons. The number of carbonyl (C=O) groups is 3. The van der Waals surface area contributed by atoms with Crippen molar-refractivity contribution in [2.75, 3.05) is 40.8 Å². The number of carbonyl (C=O) groups excluding carboxylic acids is 3. The molecule has 2 aliphatic rings. The Morgan fingerprint density at radius 3 is 2.50 bits per heavy atom. The van der Waals surface area contributed by atoms with Crippen LogP contribution in [-0.4, -0.2) is 101 Å². The normalized spacial score (nSPS) is 20.4. The molecule has 3 N–H and O–H groups in total. The lowest BCUT2D eigenvalue weighted by Crippen LogP contribution is -2.44. The Bertz CT molecular complexity index is 1010. The molecule has 3 heterocycles. The third-order valence-corrected chi connectivity index (χ3v) is 5.33. The van der Waals surface area contributed by atoms with Crippen molar-refractivity contribution in [2.24, 2.45) is 12.8 Å². The van der Waals surface area contributed by atoms with Gasteiger partial charge in [0.25, 0.3) is 11.8 Å². The van der Waals surface area contributed by atoms with Gasteiger partial charge in [0.15, 0.2) is 11.7 Å². The van der Waals surface area contributed by atoms with Crippen LogP contribution in [0.1, 0.15) is 33.8 Å². The molecule has 30 heavy (non-hydrogen) atoms. The van der Waals surface area contributed by atoms with Crippen LogP contribution in [0.25, 0.3) is 0 Å². The Labute approximate surface area is 172 Å². The van der Waals surface area contributed by atoms with E-state index in [-0.39, 0.29) is 36.6 Å². The summed E-state index contributed by atoms with van der Waals surface area (Å²) in [6.45, 7) is 0.288. The molecule has 1 aromatic heterocycles. The van der Waals surface area contributed by atoms with Gasteiger partial charge >= 0.3 is 16.4 Å². The van der Waals surface area contributed by atoms with Gasteiger partial charge in [-0.25, -0.2) is 4.79 Å². The van der Waals surface area contributed by atoms with Crippen LogP contribution in [0.4, 0.5) is 4.79 Å². The third kappa shape index (κ3) is 3.49. The summed E-state index contributed by atoms with van der Waals surface area (Å²) < 4.78 is 37.5. The van der Waals surface area contributed by atoms with E-state index in [0.29, 0.717) is 5.06 Å². The fourth-order valence-corrected chi connectivity index (χ4v) is 4.06. The molecule has 2 atom stereocenters. The zero-order valence-electron chi connectivity index (χ0n) is 16.8. The topological polar surface area (TPSA) is 172 Å². The van der Waals surface area contributed by atoms with E-state index in [4.69, 9.17) is 10.3 Å². The summed E-state index contributed by atoms with van der Waals surface area (Å²) in [5.74, 6) is -0.998. The molecule has 0 saturated carbocycles. The maximum atomic E-state index is 13.0. The number of nitrogens with zero attached hydrogens (tertiary/aromatic N) is 6. The largest absolute Gasteiger partial charge is 0.418 e. The molecule has 0 aliphatic carbocycles. The van der Waals surface area contributed by atoms with Crippen LogP contribution in [0.15, 0.2) is 0 Å². The number of aryl methyl sites for hydroxylation is 1. The molecular formula is C15H23N7O7S. The van der Waals surface area contributed by atoms with Crippen LogP contribution in [0.3, 0.4) is 0 Å². The number of likely N-dealkylation sites (N-methyl/N-ethyl adjacent to an activating group) is 2. The minimum absolute atomic E-state index is 0.0664. The highest BCUT2D eigenvalue weighted by molar-refractivity contribution is 7.80. The first-order valence-corrected chi connectivity index (χ1v) is 10.3. The van der Waals surface area contributed by atoms with Crippen molar-refractivity contribution >= 4 is 28.2 Å². The number of aromatic nitrogens is 2. The molecule has 1 fully saturated rings. The summed E-state index contributed by atoms with van der Waals surface area (Å²) in [6.07, 6.45) is 0. The van der Waals surface area contributed by atoms with E-state index in [1.54, 1.807) is 0 Å². The van der Waals surface area contributed by atoms with Crippen LogP contribution in [-0.2, 0) is 26.5 Å². The van der Waals surface area contributed by atoms with Gasteiger partial charge in [-0.1, -0.05) is 0 Å². The van der Waals surface area contributed by atoms with Crippen molar-refractivity contribution in [1.82, 2.24) is 29.5 Å². The summed E-state index contributed by atoms with van der Waals surface area (Å²) in [6, 6.07) is -3.19. The third-order valence-electron chi connectivity index (χ3n) is 4.98. The second-order valence-corrected chi connectivity index (χ2v) is 8.21. The number of hydrogen-bond acceptors (Lipinski definition) is 8. The molecule has 14 nitrogen and oxygen atoms in total. The van der Waals surface area contributed by atoms with Gasteiger partial charge in [-0.3, -0.25) is 18.8 Å². The molecule has 15 heteroatoms. The minimum Gasteiger partial charge on any atom is -0.347 e. The van der Waals surface area contributed by atoms with Crippen molar-refractivity contribution in [3.8, 4) is 0 Å². The second kappa shape index (κ2) is 7.50. The first-order valence-electron chi connectivity index (χ1n) is 8.89. The maximum Gasteiger partial charge on any atom is 0.418 e. The van der Waals surface area contributed by atoms with Gasteiger partial charge in [-0.2, -0.15) is 18.6 Å². The van der Waals surface area contributed by atoms with E-state index in [2.05, 4.69) is 9.38 Å². The first-order chi connectivity index (χ1) is 13.9. The average molecular weight is 445 g/mol. The van der Waals surface area contributed by atoms with Crippen LogP contribution in [0.5, 0.6) is 0 Å². The first kappa shape index (κ1) is 21.9. The lowest BCUT2D eigenvalue weighted by Gasteiger charge is -2.32. The minimum atomic E-state index is -5.04. The number of hydrogen-bond donors (Lipinski definition) is 2. The molecule has 1 aromatic rings. The van der Waals surface area contributed by atoms with Crippen molar-refractivity contribution in [1.29, 1.82) is 0 Å². The van der Waals surface area contributed by atoms with Gasteiger partial charge in [0.2, 0.25) is 0 Å². The SMILES string of the molecule is CN(C)C(=O)C1c2c(c(C(=O)N(C)CCN)nn2C)C2CN1C(=O)N2OS(=O)(=O)O. The Hall–Kier alpha value is -2.75. The molecule has 0 radical (unpaired) electrons. The zero-order valence-corrected chi connectivity index (χ0v) is 17.7. The molecule has 4 amide bonds. The van der Waals surface area contributed by atoms with E-state index in [1.807, 2.05) is 0 Å². The molecular weight excluding hydrogens is 422 g/mol. The molecule has 2 aliphatic heterocycles.